The van der Waals surface area contributed by atoms with Crippen LogP contribution in [0.3, 0.4) is 0 Å². The third-order valence-electron chi connectivity index (χ3n) is 13.6. The summed E-state index contributed by atoms with van der Waals surface area (Å²) in [4.78, 5) is 56.0. The van der Waals surface area contributed by atoms with Crippen LogP contribution in [0.15, 0.2) is 155 Å². The third-order valence-corrected chi connectivity index (χ3v) is 13.6. The van der Waals surface area contributed by atoms with E-state index >= 15 is 0 Å². The van der Waals surface area contributed by atoms with Crippen LogP contribution in [0, 0.1) is 0 Å². The number of nitrogens with zero attached hydrogens (tertiary/aromatic N) is 3. The lowest BCUT2D eigenvalue weighted by atomic mass is 9.98. The maximum atomic E-state index is 13.2. The van der Waals surface area contributed by atoms with Gasteiger partial charge in [-0.25, -0.2) is 9.59 Å². The van der Waals surface area contributed by atoms with Crippen LogP contribution in [0.1, 0.15) is 101 Å². The number of hydrogen-bond acceptors (Lipinski definition) is 12. The van der Waals surface area contributed by atoms with Crippen LogP contribution >= 0.6 is 0 Å². The molecule has 3 fully saturated rings. The first-order chi connectivity index (χ1) is 36.8. The number of piperidine rings is 2. The minimum absolute atomic E-state index is 0.0194. The van der Waals surface area contributed by atoms with Gasteiger partial charge in [-0.15, -0.1) is 0 Å². The topological polar surface area (TPSA) is 184 Å². The van der Waals surface area contributed by atoms with Crippen molar-refractivity contribution in [3.63, 3.8) is 0 Å². The lowest BCUT2D eigenvalue weighted by Gasteiger charge is -2.29. The Kier molecular flexibility index (Phi) is 18.5. The van der Waals surface area contributed by atoms with Gasteiger partial charge in [-0.05, 0) is 204 Å². The average molecular weight is 1030 g/mol. The maximum Gasteiger partial charge on any atom is 0.412 e. The highest BCUT2D eigenvalue weighted by Crippen LogP contribution is 2.30. The standard InChI is InChI=1S/C28H32N2O4.C22H23N3O2.C12H15NO2/c1-28(2,3)34-27(32)29-24-14-11-21(26-8-7-17-33-26)18-22(24)19-25(31)20-9-12-23(13-10-20)30-15-5-4-6-16-30;23-20-8-5-17(22-2-1-13-27-22)14-18(20)15-21(26)16-3-6-19(7-4-16)25-11-9-24-10-12-25;14-12(15)10-4-6-11(7-5-10)13-8-2-1-3-9-13/h7-14,17-18H,4-6,15-16,19H2,1-3H3,(H,29,32);1-8,13-14,24H,9-12,15,23H2;4-7H,1-3,8-9H2,(H,14,15). The Morgan fingerprint density at radius 2 is 1.00 bits per heavy atom. The number of ether oxygens (including phenoxy) is 1. The predicted octanol–water partition coefficient (Wildman–Crippen LogP) is 12.4. The van der Waals surface area contributed by atoms with Gasteiger partial charge in [0.05, 0.1) is 18.1 Å². The van der Waals surface area contributed by atoms with Gasteiger partial charge in [0.1, 0.15) is 17.1 Å². The molecule has 396 valence electrons. The molecule has 3 saturated heterocycles. The van der Waals surface area contributed by atoms with Crippen LogP contribution in [0.5, 0.6) is 0 Å². The van der Waals surface area contributed by atoms with Crippen molar-refractivity contribution in [2.45, 2.75) is 77.7 Å². The minimum Gasteiger partial charge on any atom is -0.478 e. The van der Waals surface area contributed by atoms with Crippen LogP contribution in [-0.4, -0.2) is 86.7 Å². The number of piperazine rings is 1. The van der Waals surface area contributed by atoms with Crippen LogP contribution in [0.25, 0.3) is 22.6 Å². The quantitative estimate of drug-likeness (QED) is 0.0633. The SMILES string of the molecule is CC(C)(C)OC(=O)Nc1ccc(-c2ccco2)cc1CC(=O)c1ccc(N2CCCCC2)cc1.Nc1ccc(-c2ccco2)cc1CC(=O)c1ccc(N2CCNCC2)cc1.O=C(O)c1ccc(N2CCCCC2)cc1. The van der Waals surface area contributed by atoms with Crippen molar-refractivity contribution in [3.8, 4) is 22.6 Å². The van der Waals surface area contributed by atoms with Crippen LogP contribution in [-0.2, 0) is 17.6 Å². The van der Waals surface area contributed by atoms with E-state index in [0.717, 1.165) is 91.9 Å². The number of carboxylic acid groups (broad SMARTS) is 1. The summed E-state index contributed by atoms with van der Waals surface area (Å²) in [5.74, 6) is 0.645. The van der Waals surface area contributed by atoms with Crippen molar-refractivity contribution in [2.75, 3.05) is 78.1 Å². The number of hydrogen-bond donors (Lipinski definition) is 4. The van der Waals surface area contributed by atoms with E-state index in [1.165, 1.54) is 38.5 Å². The molecule has 0 aliphatic carbocycles. The van der Waals surface area contributed by atoms with Crippen LogP contribution in [0.2, 0.25) is 0 Å². The Morgan fingerprint density at radius 1 is 0.566 bits per heavy atom. The predicted molar refractivity (Wildman–Crippen MR) is 302 cm³/mol. The summed E-state index contributed by atoms with van der Waals surface area (Å²) in [7, 11) is 0. The molecule has 0 atom stereocenters. The van der Waals surface area contributed by atoms with Crippen LogP contribution in [0.4, 0.5) is 33.2 Å². The van der Waals surface area contributed by atoms with Crippen LogP contribution < -0.4 is 31.1 Å². The Balaban J connectivity index is 0.000000162. The zero-order chi connectivity index (χ0) is 53.4. The number of carboxylic acids is 1. The fourth-order valence-electron chi connectivity index (χ4n) is 9.53. The number of aromatic carboxylic acids is 1. The number of anilines is 5. The molecule has 0 spiro atoms. The monoisotopic (exact) mass is 1030 g/mol. The van der Waals surface area contributed by atoms with Crippen molar-refractivity contribution in [1.29, 1.82) is 0 Å². The largest absolute Gasteiger partial charge is 0.478 e. The Morgan fingerprint density at radius 3 is 1.45 bits per heavy atom. The van der Waals surface area contributed by atoms with Gasteiger partial charge in [-0.2, -0.15) is 0 Å². The van der Waals surface area contributed by atoms with Crippen molar-refractivity contribution in [2.24, 2.45) is 0 Å². The van der Waals surface area contributed by atoms with Gasteiger partial charge in [0.15, 0.2) is 11.6 Å². The fourth-order valence-corrected chi connectivity index (χ4v) is 9.53. The molecule has 5 N–H and O–H groups in total. The summed E-state index contributed by atoms with van der Waals surface area (Å²) < 4.78 is 16.4. The average Bonchev–Trinajstić information content (AvgIpc) is 4.20. The third kappa shape index (κ3) is 15.3. The van der Waals surface area contributed by atoms with Crippen molar-refractivity contribution >= 4 is 52.1 Å². The maximum absolute atomic E-state index is 13.2. The van der Waals surface area contributed by atoms with E-state index in [1.54, 1.807) is 30.7 Å². The summed E-state index contributed by atoms with van der Waals surface area (Å²) in [5, 5.41) is 14.9. The molecule has 0 saturated carbocycles. The number of amides is 1. The Bertz CT molecular complexity index is 2980. The second-order valence-electron chi connectivity index (χ2n) is 20.3. The summed E-state index contributed by atoms with van der Waals surface area (Å²) in [6.45, 7) is 13.7. The number of rotatable bonds is 13. The number of Topliss-reactive ketones (excluding diaryl/α,β-unsaturated/α-hetero) is 2. The van der Waals surface area contributed by atoms with Crippen molar-refractivity contribution < 1.29 is 37.9 Å². The lowest BCUT2D eigenvalue weighted by molar-refractivity contribution is 0.0633. The summed E-state index contributed by atoms with van der Waals surface area (Å²) >= 11 is 0. The van der Waals surface area contributed by atoms with Gasteiger partial charge >= 0.3 is 12.1 Å². The molecule has 5 heterocycles. The second-order valence-corrected chi connectivity index (χ2v) is 20.3. The van der Waals surface area contributed by atoms with Gasteiger partial charge in [0.2, 0.25) is 0 Å². The van der Waals surface area contributed by atoms with E-state index in [-0.39, 0.29) is 24.4 Å². The molecule has 3 aliphatic heterocycles. The number of nitrogens with one attached hydrogen (secondary N) is 2. The van der Waals surface area contributed by atoms with E-state index in [0.29, 0.717) is 39.4 Å². The molecule has 3 aliphatic rings. The first-order valence-corrected chi connectivity index (χ1v) is 26.4. The highest BCUT2D eigenvalue weighted by Gasteiger charge is 2.21. The number of carbonyl (C=O) groups excluding carboxylic acids is 3. The molecule has 0 unspecified atom stereocenters. The first-order valence-electron chi connectivity index (χ1n) is 26.4. The highest BCUT2D eigenvalue weighted by atomic mass is 16.6. The van der Waals surface area contributed by atoms with E-state index in [9.17, 15) is 19.2 Å². The van der Waals surface area contributed by atoms with Gasteiger partial charge in [-0.3, -0.25) is 14.9 Å². The molecule has 2 aromatic heterocycles. The molecule has 76 heavy (non-hydrogen) atoms. The Labute approximate surface area is 445 Å². The number of furan rings is 2. The van der Waals surface area contributed by atoms with Crippen molar-refractivity contribution in [1.82, 2.24) is 5.32 Å². The molecule has 7 aromatic rings. The molecule has 14 heteroatoms. The molecule has 10 rings (SSSR count). The number of benzene rings is 5. The summed E-state index contributed by atoms with van der Waals surface area (Å²) in [6, 6.07) is 41.5. The zero-order valence-corrected chi connectivity index (χ0v) is 43.9. The molecule has 0 radical (unpaired) electrons. The summed E-state index contributed by atoms with van der Waals surface area (Å²) in [5.41, 5.74) is 15.1. The zero-order valence-electron chi connectivity index (χ0n) is 43.9. The summed E-state index contributed by atoms with van der Waals surface area (Å²) in [6.07, 6.45) is 10.6. The molecule has 5 aromatic carbocycles. The Hall–Kier alpha value is -8.10. The van der Waals surface area contributed by atoms with E-state index in [4.69, 9.17) is 24.4 Å². The molecular weight excluding hydrogens is 957 g/mol. The van der Waals surface area contributed by atoms with Gasteiger partial charge in [-0.1, -0.05) is 0 Å². The number of nitrogens with two attached hydrogens (primary N) is 1. The second kappa shape index (κ2) is 25.9. The molecule has 14 nitrogen and oxygen atoms in total. The van der Waals surface area contributed by atoms with Gasteiger partial charge in [0.25, 0.3) is 0 Å². The van der Waals surface area contributed by atoms with E-state index < -0.39 is 17.7 Å². The normalized spacial score (nSPS) is 14.6. The minimum atomic E-state index is -0.861. The smallest absolute Gasteiger partial charge is 0.412 e. The molecular formula is C62H70N6O8. The van der Waals surface area contributed by atoms with E-state index in [2.05, 4.69) is 25.3 Å². The van der Waals surface area contributed by atoms with E-state index in [1.807, 2.05) is 136 Å². The van der Waals surface area contributed by atoms with Gasteiger partial charge < -0.3 is 44.4 Å². The lowest BCUT2D eigenvalue weighted by Crippen LogP contribution is -2.43. The fraction of sp³-hybridized carbons (Fsp3) is 0.323. The van der Waals surface area contributed by atoms with Gasteiger partial charge in [0, 0.05) is 116 Å². The number of nitrogen functional groups attached to an aromatic ring is 1. The van der Waals surface area contributed by atoms with Crippen molar-refractivity contribution in [3.05, 3.63) is 174 Å². The highest BCUT2D eigenvalue weighted by molar-refractivity contribution is 6.00. The number of carbonyl (C=O) groups is 4. The molecule has 0 bridgehead atoms. The number of ketones is 2. The first kappa shape index (κ1) is 54.2. The molecule has 1 amide bonds.